The standard InChI is InChI=1S/C43H53N5O3/c1-4-6-8-14-31(3)34-24-28-47(40-18-12-10-15-36(34)40)42(49)38(17-9-7-5-2)46-51-33-22-20-32(21-23-33)35-25-29-48(41-19-13-11-16-37(35)41)43(50)39-30-44-26-27-45-39/h4-9,14,17,20-23,26-27,30,34-37,40-41H,3,10-13,15-16,18-19,24-25,28-29H2,1-2H3/b6-4-,7-5-,14-8-,17-9-,46-38-/t34-,35-,36-,37-,40-,41-/m1/s1. The van der Waals surface area contributed by atoms with Crippen LogP contribution in [0.15, 0.2) is 109 Å². The lowest BCUT2D eigenvalue weighted by Crippen LogP contribution is -2.54. The second kappa shape index (κ2) is 17.6. The van der Waals surface area contributed by atoms with Crippen LogP contribution in [0.5, 0.6) is 5.75 Å². The summed E-state index contributed by atoms with van der Waals surface area (Å²) in [7, 11) is 0. The molecule has 6 atom stereocenters. The molecule has 0 spiro atoms. The van der Waals surface area contributed by atoms with Gasteiger partial charge < -0.3 is 14.6 Å². The zero-order valence-electron chi connectivity index (χ0n) is 30.3. The maximum atomic E-state index is 14.2. The first-order valence-electron chi connectivity index (χ1n) is 19.0. The molecule has 8 heteroatoms. The normalized spacial score (nSPS) is 27.2. The molecule has 0 radical (unpaired) electrons. The van der Waals surface area contributed by atoms with Gasteiger partial charge in [-0.05, 0) is 99.8 Å². The van der Waals surface area contributed by atoms with Crippen molar-refractivity contribution in [2.45, 2.75) is 96.1 Å². The van der Waals surface area contributed by atoms with Gasteiger partial charge in [-0.2, -0.15) is 0 Å². The number of hydrogen-bond acceptors (Lipinski definition) is 6. The monoisotopic (exact) mass is 687 g/mol. The summed E-state index contributed by atoms with van der Waals surface area (Å²) in [5.41, 5.74) is 3.14. The molecule has 4 fully saturated rings. The van der Waals surface area contributed by atoms with Crippen LogP contribution < -0.4 is 4.84 Å². The summed E-state index contributed by atoms with van der Waals surface area (Å²) < 4.78 is 0. The fraction of sp³-hybridized carbons (Fsp3) is 0.465. The number of fused-ring (bicyclic) bond motifs is 2. The number of carbonyl (C=O) groups excluding carboxylic acids is 2. The van der Waals surface area contributed by atoms with E-state index in [2.05, 4.69) is 50.9 Å². The van der Waals surface area contributed by atoms with Crippen molar-refractivity contribution in [2.24, 2.45) is 22.9 Å². The van der Waals surface area contributed by atoms with E-state index in [0.717, 1.165) is 56.9 Å². The van der Waals surface area contributed by atoms with Gasteiger partial charge in [0.2, 0.25) is 0 Å². The Morgan fingerprint density at radius 2 is 1.47 bits per heavy atom. The Hall–Kier alpha value is -4.59. The predicted molar refractivity (Wildman–Crippen MR) is 203 cm³/mol. The zero-order chi connectivity index (χ0) is 35.6. The third-order valence-electron chi connectivity index (χ3n) is 11.5. The third kappa shape index (κ3) is 8.49. The number of benzene rings is 1. The SMILES string of the molecule is C=C(/C=C\C=C/C)[C@H]1CCN(C(=O)C(/C=C\C=C/C)=N\Oc2ccc([C@H]3CCN(C(=O)c4cnccn4)[C@@H]4CCCC[C@H]34)cc2)[C@@H]2CCCC[C@H]12. The molecular weight excluding hydrogens is 635 g/mol. The van der Waals surface area contributed by atoms with E-state index in [4.69, 9.17) is 4.84 Å². The van der Waals surface area contributed by atoms with E-state index >= 15 is 0 Å². The van der Waals surface area contributed by atoms with Crippen molar-refractivity contribution in [1.29, 1.82) is 0 Å². The van der Waals surface area contributed by atoms with Crippen LogP contribution in [0.25, 0.3) is 0 Å². The maximum Gasteiger partial charge on any atom is 0.276 e. The Bertz CT molecular complexity index is 1660. The number of oxime groups is 1. The summed E-state index contributed by atoms with van der Waals surface area (Å²) in [6.45, 7) is 9.78. The van der Waals surface area contributed by atoms with Crippen LogP contribution in [-0.4, -0.2) is 62.5 Å². The van der Waals surface area contributed by atoms with Gasteiger partial charge in [0.25, 0.3) is 11.8 Å². The van der Waals surface area contributed by atoms with Crippen molar-refractivity contribution in [3.05, 3.63) is 115 Å². The molecule has 2 aliphatic carbocycles. The van der Waals surface area contributed by atoms with Crippen LogP contribution in [0.3, 0.4) is 0 Å². The molecule has 268 valence electrons. The number of hydrogen-bond donors (Lipinski definition) is 0. The van der Waals surface area contributed by atoms with Gasteiger partial charge in [0, 0.05) is 37.6 Å². The van der Waals surface area contributed by atoms with E-state index in [-0.39, 0.29) is 23.9 Å². The van der Waals surface area contributed by atoms with Gasteiger partial charge >= 0.3 is 0 Å². The molecule has 2 aliphatic heterocycles. The predicted octanol–water partition coefficient (Wildman–Crippen LogP) is 8.63. The van der Waals surface area contributed by atoms with Crippen LogP contribution in [0.1, 0.15) is 100 Å². The molecule has 2 saturated heterocycles. The molecule has 4 aliphatic rings. The number of amides is 2. The highest BCUT2D eigenvalue weighted by Crippen LogP contribution is 2.45. The van der Waals surface area contributed by atoms with Crippen molar-refractivity contribution in [3.63, 3.8) is 0 Å². The average Bonchev–Trinajstić information content (AvgIpc) is 3.18. The molecule has 2 saturated carbocycles. The quantitative estimate of drug-likeness (QED) is 0.142. The van der Waals surface area contributed by atoms with E-state index in [1.165, 1.54) is 18.4 Å². The van der Waals surface area contributed by atoms with Gasteiger partial charge in [0.1, 0.15) is 5.69 Å². The van der Waals surface area contributed by atoms with Gasteiger partial charge in [0.05, 0.1) is 6.20 Å². The molecule has 8 nitrogen and oxygen atoms in total. The molecule has 2 amide bonds. The van der Waals surface area contributed by atoms with Crippen molar-refractivity contribution in [3.8, 4) is 5.75 Å². The third-order valence-corrected chi connectivity index (χ3v) is 11.5. The number of allylic oxidation sites excluding steroid dienone is 8. The van der Waals surface area contributed by atoms with Crippen LogP contribution in [0.2, 0.25) is 0 Å². The van der Waals surface area contributed by atoms with E-state index < -0.39 is 0 Å². The van der Waals surface area contributed by atoms with Crippen LogP contribution >= 0.6 is 0 Å². The Morgan fingerprint density at radius 3 is 2.18 bits per heavy atom. The lowest BCUT2D eigenvalue weighted by atomic mass is 9.69. The lowest BCUT2D eigenvalue weighted by Gasteiger charge is -2.48. The van der Waals surface area contributed by atoms with Crippen molar-refractivity contribution >= 4 is 17.5 Å². The highest BCUT2D eigenvalue weighted by molar-refractivity contribution is 6.43. The first kappa shape index (κ1) is 36.2. The van der Waals surface area contributed by atoms with E-state index in [1.54, 1.807) is 24.7 Å². The molecule has 0 bridgehead atoms. The van der Waals surface area contributed by atoms with E-state index in [9.17, 15) is 9.59 Å². The van der Waals surface area contributed by atoms with Crippen LogP contribution in [0.4, 0.5) is 0 Å². The Balaban J connectivity index is 1.15. The molecular formula is C43H53N5O3. The van der Waals surface area contributed by atoms with Gasteiger partial charge in [-0.25, -0.2) is 4.98 Å². The highest BCUT2D eigenvalue weighted by Gasteiger charge is 2.43. The summed E-state index contributed by atoms with van der Waals surface area (Å²) in [6, 6.07) is 8.55. The highest BCUT2D eigenvalue weighted by atomic mass is 16.6. The molecule has 0 N–H and O–H groups in total. The second-order valence-electron chi connectivity index (χ2n) is 14.4. The summed E-state index contributed by atoms with van der Waals surface area (Å²) in [4.78, 5) is 46.1. The molecule has 6 rings (SSSR count). The molecule has 51 heavy (non-hydrogen) atoms. The number of piperidine rings is 2. The minimum absolute atomic E-state index is 0.0139. The molecule has 1 aromatic carbocycles. The first-order valence-corrected chi connectivity index (χ1v) is 19.0. The summed E-state index contributed by atoms with van der Waals surface area (Å²) in [5.74, 6) is 2.04. The topological polar surface area (TPSA) is 88.0 Å². The van der Waals surface area contributed by atoms with E-state index in [0.29, 0.717) is 53.9 Å². The Kier molecular flexibility index (Phi) is 12.5. The van der Waals surface area contributed by atoms with Gasteiger partial charge in [0.15, 0.2) is 11.5 Å². The number of aromatic nitrogens is 2. The first-order chi connectivity index (χ1) is 25.0. The maximum absolute atomic E-state index is 14.2. The Morgan fingerprint density at radius 1 is 0.804 bits per heavy atom. The van der Waals surface area contributed by atoms with Gasteiger partial charge in [-0.15, -0.1) is 0 Å². The van der Waals surface area contributed by atoms with Crippen molar-refractivity contribution in [2.75, 3.05) is 13.1 Å². The molecule has 3 heterocycles. The number of rotatable bonds is 10. The second-order valence-corrected chi connectivity index (χ2v) is 14.4. The fourth-order valence-corrected chi connectivity index (χ4v) is 9.08. The zero-order valence-corrected chi connectivity index (χ0v) is 30.3. The van der Waals surface area contributed by atoms with Crippen LogP contribution in [0, 0.1) is 17.8 Å². The number of carbonyl (C=O) groups is 2. The van der Waals surface area contributed by atoms with Gasteiger partial charge in [-0.3, -0.25) is 14.6 Å². The summed E-state index contributed by atoms with van der Waals surface area (Å²) >= 11 is 0. The molecule has 1 aromatic heterocycles. The van der Waals surface area contributed by atoms with Crippen molar-refractivity contribution in [1.82, 2.24) is 19.8 Å². The smallest absolute Gasteiger partial charge is 0.276 e. The van der Waals surface area contributed by atoms with E-state index in [1.807, 2.05) is 61.3 Å². The summed E-state index contributed by atoms with van der Waals surface area (Å²) in [5, 5.41) is 4.46. The lowest BCUT2D eigenvalue weighted by molar-refractivity contribution is -0.131. The van der Waals surface area contributed by atoms with Gasteiger partial charge in [-0.1, -0.05) is 97.7 Å². The largest absolute Gasteiger partial charge is 0.356 e. The number of likely N-dealkylation sites (tertiary alicyclic amines) is 2. The molecule has 2 aromatic rings. The molecule has 0 unspecified atom stereocenters. The fourth-order valence-electron chi connectivity index (χ4n) is 9.08. The summed E-state index contributed by atoms with van der Waals surface area (Å²) in [6.07, 6.45) is 31.1. The van der Waals surface area contributed by atoms with Crippen LogP contribution in [-0.2, 0) is 4.79 Å². The minimum atomic E-state index is -0.0797. The van der Waals surface area contributed by atoms with Crippen molar-refractivity contribution < 1.29 is 14.4 Å². The Labute approximate surface area is 303 Å². The average molecular weight is 688 g/mol. The minimum Gasteiger partial charge on any atom is -0.356 e. The number of nitrogens with zero attached hydrogens (tertiary/aromatic N) is 5.